The van der Waals surface area contributed by atoms with Gasteiger partial charge in [-0.15, -0.1) is 0 Å². The van der Waals surface area contributed by atoms with E-state index in [1.54, 1.807) is 0 Å². The van der Waals surface area contributed by atoms with Crippen molar-refractivity contribution in [2.75, 3.05) is 40.3 Å². The Morgan fingerprint density at radius 2 is 0.833 bits per heavy atom. The maximum atomic E-state index is 2.53. The Balaban J connectivity index is 1.58. The molecule has 18 heavy (non-hydrogen) atoms. The summed E-state index contributed by atoms with van der Waals surface area (Å²) in [6, 6.07) is 2.00. The van der Waals surface area contributed by atoms with Crippen LogP contribution in [0.2, 0.25) is 0 Å². The van der Waals surface area contributed by atoms with Crippen molar-refractivity contribution in [2.45, 2.75) is 63.5 Å². The van der Waals surface area contributed by atoms with E-state index in [1.807, 2.05) is 0 Å². The molecule has 1 aliphatic carbocycles. The lowest BCUT2D eigenvalue weighted by atomic mass is 9.87. The third-order valence-corrected chi connectivity index (χ3v) is 6.61. The molecule has 0 amide bonds. The minimum atomic E-state index is 0.998. The second kappa shape index (κ2) is 4.79. The second-order valence-corrected chi connectivity index (χ2v) is 7.73. The molecular formula is C16H32N2+2. The predicted molar refractivity (Wildman–Crippen MR) is 76.3 cm³/mol. The van der Waals surface area contributed by atoms with Crippen LogP contribution in [-0.4, -0.2) is 61.3 Å². The zero-order valence-electron chi connectivity index (χ0n) is 12.5. The Labute approximate surface area is 113 Å². The molecule has 0 bridgehead atoms. The van der Waals surface area contributed by atoms with Crippen LogP contribution in [0.4, 0.5) is 0 Å². The molecular weight excluding hydrogens is 220 g/mol. The molecule has 0 N–H and O–H groups in total. The molecule has 0 atom stereocenters. The third kappa shape index (κ3) is 2.22. The van der Waals surface area contributed by atoms with Gasteiger partial charge in [-0.3, -0.25) is 0 Å². The molecule has 2 heterocycles. The Morgan fingerprint density at radius 1 is 0.556 bits per heavy atom. The lowest BCUT2D eigenvalue weighted by molar-refractivity contribution is -0.937. The number of nitrogens with zero attached hydrogens (tertiary/aromatic N) is 2. The maximum absolute atomic E-state index is 2.53. The first kappa shape index (κ1) is 12.9. The molecule has 3 aliphatic rings. The van der Waals surface area contributed by atoms with E-state index in [0.717, 1.165) is 12.1 Å². The first-order chi connectivity index (χ1) is 8.62. The van der Waals surface area contributed by atoms with Gasteiger partial charge >= 0.3 is 0 Å². The Kier molecular flexibility index (Phi) is 3.44. The predicted octanol–water partition coefficient (Wildman–Crippen LogP) is 2.78. The van der Waals surface area contributed by atoms with Crippen molar-refractivity contribution < 1.29 is 8.97 Å². The molecule has 0 unspecified atom stereocenters. The van der Waals surface area contributed by atoms with E-state index in [0.29, 0.717) is 0 Å². The van der Waals surface area contributed by atoms with Crippen molar-refractivity contribution >= 4 is 0 Å². The number of hydrogen-bond donors (Lipinski definition) is 0. The van der Waals surface area contributed by atoms with E-state index in [1.165, 1.54) is 86.5 Å². The van der Waals surface area contributed by atoms with Crippen molar-refractivity contribution in [3.05, 3.63) is 0 Å². The Bertz CT molecular complexity index is 249. The van der Waals surface area contributed by atoms with Gasteiger partial charge in [-0.05, 0) is 0 Å². The lowest BCUT2D eigenvalue weighted by Crippen LogP contribution is -2.56. The molecule has 2 saturated heterocycles. The van der Waals surface area contributed by atoms with Gasteiger partial charge in [0.15, 0.2) is 0 Å². The van der Waals surface area contributed by atoms with E-state index in [4.69, 9.17) is 0 Å². The van der Waals surface area contributed by atoms with Gasteiger partial charge < -0.3 is 8.97 Å². The molecule has 3 fully saturated rings. The van der Waals surface area contributed by atoms with Crippen molar-refractivity contribution in [1.82, 2.24) is 0 Å². The number of quaternary nitrogens is 2. The highest BCUT2D eigenvalue weighted by molar-refractivity contribution is 4.77. The molecule has 2 nitrogen and oxygen atoms in total. The second-order valence-electron chi connectivity index (χ2n) is 7.73. The van der Waals surface area contributed by atoms with Gasteiger partial charge in [-0.2, -0.15) is 0 Å². The first-order valence-electron chi connectivity index (χ1n) is 8.31. The number of rotatable bonds is 2. The average Bonchev–Trinajstić information content (AvgIpc) is 3.01. The summed E-state index contributed by atoms with van der Waals surface area (Å²) in [5.74, 6) is 0. The molecule has 2 heteroatoms. The summed E-state index contributed by atoms with van der Waals surface area (Å²) in [6.45, 7) is 5.84. The van der Waals surface area contributed by atoms with Gasteiger partial charge in [0.2, 0.25) is 0 Å². The SMILES string of the molecule is C[N+]1(C2CCC([N+]3(C)CCCC3)CC2)CCCC1. The molecule has 0 aromatic rings. The van der Waals surface area contributed by atoms with Crippen molar-refractivity contribution in [1.29, 1.82) is 0 Å². The van der Waals surface area contributed by atoms with Gasteiger partial charge in [0.1, 0.15) is 0 Å². The standard InChI is InChI=1S/C16H32N2/c1-17(11-3-4-12-17)15-7-9-16(10-8-15)18(2)13-5-6-14-18/h15-16H,3-14H2,1-2H3/q+2. The fraction of sp³-hybridized carbons (Fsp3) is 1.00. The van der Waals surface area contributed by atoms with Crippen LogP contribution in [-0.2, 0) is 0 Å². The maximum Gasteiger partial charge on any atom is 0.0892 e. The van der Waals surface area contributed by atoms with Gasteiger partial charge in [-0.1, -0.05) is 0 Å². The summed E-state index contributed by atoms with van der Waals surface area (Å²) in [7, 11) is 5.06. The minimum absolute atomic E-state index is 0.998. The van der Waals surface area contributed by atoms with E-state index < -0.39 is 0 Å². The summed E-state index contributed by atoms with van der Waals surface area (Å²) in [4.78, 5) is 0. The smallest absolute Gasteiger partial charge is 0.0892 e. The summed E-state index contributed by atoms with van der Waals surface area (Å²) in [6.07, 6.45) is 11.9. The van der Waals surface area contributed by atoms with Gasteiger partial charge in [-0.25, -0.2) is 0 Å². The lowest BCUT2D eigenvalue weighted by Gasteiger charge is -2.46. The zero-order chi connectivity index (χ0) is 12.6. The molecule has 1 saturated carbocycles. The van der Waals surface area contributed by atoms with E-state index in [2.05, 4.69) is 14.1 Å². The molecule has 0 radical (unpaired) electrons. The van der Waals surface area contributed by atoms with Crippen LogP contribution in [0.15, 0.2) is 0 Å². The summed E-state index contributed by atoms with van der Waals surface area (Å²) in [5.41, 5.74) is 0. The quantitative estimate of drug-likeness (QED) is 0.663. The minimum Gasteiger partial charge on any atom is -0.324 e. The van der Waals surface area contributed by atoms with E-state index in [9.17, 15) is 0 Å². The number of hydrogen-bond acceptors (Lipinski definition) is 0. The highest BCUT2D eigenvalue weighted by Crippen LogP contribution is 2.36. The summed E-state index contributed by atoms with van der Waals surface area (Å²) < 4.78 is 2.83. The van der Waals surface area contributed by atoms with Crippen LogP contribution < -0.4 is 0 Å². The van der Waals surface area contributed by atoms with Gasteiger partial charge in [0, 0.05) is 51.4 Å². The van der Waals surface area contributed by atoms with Crippen LogP contribution in [0.1, 0.15) is 51.4 Å². The van der Waals surface area contributed by atoms with Gasteiger partial charge in [0.25, 0.3) is 0 Å². The van der Waals surface area contributed by atoms with Crippen LogP contribution >= 0.6 is 0 Å². The van der Waals surface area contributed by atoms with Crippen LogP contribution in [0, 0.1) is 0 Å². The zero-order valence-corrected chi connectivity index (χ0v) is 12.5. The number of likely N-dealkylation sites (tertiary alicyclic amines) is 2. The largest absolute Gasteiger partial charge is 0.324 e. The topological polar surface area (TPSA) is 0 Å². The monoisotopic (exact) mass is 252 g/mol. The van der Waals surface area contributed by atoms with Crippen LogP contribution in [0.5, 0.6) is 0 Å². The normalized spacial score (nSPS) is 39.0. The third-order valence-electron chi connectivity index (χ3n) is 6.61. The van der Waals surface area contributed by atoms with Crippen molar-refractivity contribution in [3.8, 4) is 0 Å². The molecule has 0 aromatic carbocycles. The average molecular weight is 252 g/mol. The summed E-state index contributed by atoms with van der Waals surface area (Å²) >= 11 is 0. The Morgan fingerprint density at radius 3 is 1.11 bits per heavy atom. The molecule has 0 aromatic heterocycles. The van der Waals surface area contributed by atoms with Gasteiger partial charge in [0.05, 0.1) is 52.4 Å². The molecule has 0 spiro atoms. The summed E-state index contributed by atoms with van der Waals surface area (Å²) in [5, 5.41) is 0. The highest BCUT2D eigenvalue weighted by Gasteiger charge is 2.43. The fourth-order valence-corrected chi connectivity index (χ4v) is 5.15. The van der Waals surface area contributed by atoms with Crippen molar-refractivity contribution in [2.24, 2.45) is 0 Å². The fourth-order valence-electron chi connectivity index (χ4n) is 5.15. The van der Waals surface area contributed by atoms with Crippen molar-refractivity contribution in [3.63, 3.8) is 0 Å². The Hall–Kier alpha value is -0.0800. The first-order valence-corrected chi connectivity index (χ1v) is 8.31. The van der Waals surface area contributed by atoms with Crippen LogP contribution in [0.3, 0.4) is 0 Å². The molecule has 3 rings (SSSR count). The molecule has 2 aliphatic heterocycles. The molecule has 104 valence electrons. The highest BCUT2D eigenvalue weighted by atomic mass is 15.4. The van der Waals surface area contributed by atoms with Crippen LogP contribution in [0.25, 0.3) is 0 Å². The van der Waals surface area contributed by atoms with E-state index >= 15 is 0 Å². The van der Waals surface area contributed by atoms with E-state index in [-0.39, 0.29) is 0 Å².